The highest BCUT2D eigenvalue weighted by Gasteiger charge is 2.10. The molecule has 140 valence electrons. The first kappa shape index (κ1) is 20.0. The van der Waals surface area contributed by atoms with Gasteiger partial charge in [-0.3, -0.25) is 14.8 Å². The molecule has 0 aliphatic heterocycles. The number of guanidine groups is 1. The van der Waals surface area contributed by atoms with E-state index in [4.69, 9.17) is 0 Å². The van der Waals surface area contributed by atoms with Gasteiger partial charge in [-0.25, -0.2) is 0 Å². The van der Waals surface area contributed by atoms with Crippen molar-refractivity contribution < 1.29 is 4.79 Å². The first-order chi connectivity index (χ1) is 12.5. The van der Waals surface area contributed by atoms with E-state index in [1.807, 2.05) is 27.2 Å². The fourth-order valence-electron chi connectivity index (χ4n) is 2.44. The lowest BCUT2D eigenvalue weighted by atomic mass is 10.3. The molecule has 0 bridgehead atoms. The van der Waals surface area contributed by atoms with Gasteiger partial charge in [-0.05, 0) is 41.1 Å². The summed E-state index contributed by atoms with van der Waals surface area (Å²) in [6, 6.07) is 5.57. The fourth-order valence-corrected chi connectivity index (χ4v) is 3.01. The van der Waals surface area contributed by atoms with Crippen LogP contribution >= 0.6 is 15.9 Å². The second-order valence-electron chi connectivity index (χ2n) is 5.85. The molecule has 8 heteroatoms. The number of pyridine rings is 1. The molecule has 0 saturated carbocycles. The van der Waals surface area contributed by atoms with Gasteiger partial charge >= 0.3 is 0 Å². The van der Waals surface area contributed by atoms with E-state index in [1.54, 1.807) is 24.5 Å². The standard InChI is InChI=1S/C18H25BrN6O/c1-4-21-18(25(3)13-16-10-15(19)12-24(16)2)23-9-8-22-17(26)14-6-5-7-20-11-14/h5-7,10-12H,4,8-9,13H2,1-3H3,(H,21,23)(H,22,26). The number of hydrogen-bond acceptors (Lipinski definition) is 3. The molecule has 2 aromatic heterocycles. The van der Waals surface area contributed by atoms with Gasteiger partial charge in [0.2, 0.25) is 0 Å². The topological polar surface area (TPSA) is 74.5 Å². The Morgan fingerprint density at radius 3 is 2.85 bits per heavy atom. The van der Waals surface area contributed by atoms with E-state index in [2.05, 4.69) is 52.1 Å². The molecular weight excluding hydrogens is 396 g/mol. The molecule has 0 spiro atoms. The van der Waals surface area contributed by atoms with Crippen LogP contribution in [0.3, 0.4) is 0 Å². The summed E-state index contributed by atoms with van der Waals surface area (Å²) in [6.07, 6.45) is 5.22. The zero-order valence-corrected chi connectivity index (χ0v) is 17.0. The second-order valence-corrected chi connectivity index (χ2v) is 6.77. The molecule has 0 aromatic carbocycles. The quantitative estimate of drug-likeness (QED) is 0.408. The summed E-state index contributed by atoms with van der Waals surface area (Å²) in [5, 5.41) is 6.14. The van der Waals surface area contributed by atoms with Crippen LogP contribution in [0.2, 0.25) is 0 Å². The van der Waals surface area contributed by atoms with Crippen molar-refractivity contribution in [3.05, 3.63) is 52.5 Å². The summed E-state index contributed by atoms with van der Waals surface area (Å²) in [7, 11) is 4.02. The predicted molar refractivity (Wildman–Crippen MR) is 107 cm³/mol. The minimum atomic E-state index is -0.139. The lowest BCUT2D eigenvalue weighted by Crippen LogP contribution is -2.39. The molecule has 0 aliphatic carbocycles. The largest absolute Gasteiger partial charge is 0.357 e. The van der Waals surface area contributed by atoms with Crippen LogP contribution in [0.15, 0.2) is 46.3 Å². The SMILES string of the molecule is CCNC(=NCCNC(=O)c1cccnc1)N(C)Cc1cc(Br)cn1C. The third-order valence-corrected chi connectivity index (χ3v) is 4.19. The van der Waals surface area contributed by atoms with Crippen molar-refractivity contribution in [1.82, 2.24) is 25.1 Å². The van der Waals surface area contributed by atoms with Gasteiger partial charge in [-0.2, -0.15) is 0 Å². The Kier molecular flexibility index (Phi) is 7.65. The van der Waals surface area contributed by atoms with Gasteiger partial charge in [0.1, 0.15) is 0 Å². The Morgan fingerprint density at radius 1 is 1.42 bits per heavy atom. The molecule has 2 aromatic rings. The van der Waals surface area contributed by atoms with Crippen LogP contribution in [0.25, 0.3) is 0 Å². The summed E-state index contributed by atoms with van der Waals surface area (Å²) in [5.41, 5.74) is 1.73. The number of amides is 1. The van der Waals surface area contributed by atoms with E-state index >= 15 is 0 Å². The van der Waals surface area contributed by atoms with Gasteiger partial charge in [0, 0.05) is 55.9 Å². The molecule has 0 saturated heterocycles. The molecule has 2 heterocycles. The highest BCUT2D eigenvalue weighted by Crippen LogP contribution is 2.14. The predicted octanol–water partition coefficient (Wildman–Crippen LogP) is 2.01. The van der Waals surface area contributed by atoms with Crippen LogP contribution < -0.4 is 10.6 Å². The minimum absolute atomic E-state index is 0.139. The molecule has 0 aliphatic rings. The zero-order valence-electron chi connectivity index (χ0n) is 15.4. The molecule has 0 radical (unpaired) electrons. The normalized spacial score (nSPS) is 11.3. The number of hydrogen-bond donors (Lipinski definition) is 2. The molecule has 26 heavy (non-hydrogen) atoms. The number of nitrogens with one attached hydrogen (secondary N) is 2. The number of aliphatic imine (C=N–C) groups is 1. The van der Waals surface area contributed by atoms with Crippen LogP contribution in [0.5, 0.6) is 0 Å². The number of nitrogens with zero attached hydrogens (tertiary/aromatic N) is 4. The Balaban J connectivity index is 1.89. The number of carbonyl (C=O) groups is 1. The zero-order chi connectivity index (χ0) is 18.9. The minimum Gasteiger partial charge on any atom is -0.357 e. The summed E-state index contributed by atoms with van der Waals surface area (Å²) in [4.78, 5) is 22.6. The van der Waals surface area contributed by atoms with E-state index in [0.29, 0.717) is 18.7 Å². The summed E-state index contributed by atoms with van der Waals surface area (Å²) >= 11 is 3.49. The van der Waals surface area contributed by atoms with E-state index in [1.165, 1.54) is 5.69 Å². The van der Waals surface area contributed by atoms with Crippen LogP contribution in [-0.2, 0) is 13.6 Å². The second kappa shape index (κ2) is 9.96. The van der Waals surface area contributed by atoms with Gasteiger partial charge in [-0.15, -0.1) is 0 Å². The van der Waals surface area contributed by atoms with E-state index in [-0.39, 0.29) is 5.91 Å². The first-order valence-electron chi connectivity index (χ1n) is 8.49. The highest BCUT2D eigenvalue weighted by atomic mass is 79.9. The number of aromatic nitrogens is 2. The van der Waals surface area contributed by atoms with Crippen molar-refractivity contribution in [3.63, 3.8) is 0 Å². The van der Waals surface area contributed by atoms with Crippen molar-refractivity contribution in [2.45, 2.75) is 13.5 Å². The van der Waals surface area contributed by atoms with Crippen LogP contribution in [0.4, 0.5) is 0 Å². The number of aryl methyl sites for hydroxylation is 1. The van der Waals surface area contributed by atoms with Gasteiger partial charge in [0.15, 0.2) is 5.96 Å². The Bertz CT molecular complexity index is 743. The lowest BCUT2D eigenvalue weighted by Gasteiger charge is -2.22. The molecule has 7 nitrogen and oxygen atoms in total. The number of rotatable bonds is 7. The average molecular weight is 421 g/mol. The Labute approximate surface area is 162 Å². The van der Waals surface area contributed by atoms with Gasteiger partial charge in [0.25, 0.3) is 5.91 Å². The maximum atomic E-state index is 12.0. The van der Waals surface area contributed by atoms with Crippen LogP contribution in [0.1, 0.15) is 23.0 Å². The molecular formula is C18H25BrN6O. The maximum Gasteiger partial charge on any atom is 0.252 e. The van der Waals surface area contributed by atoms with E-state index in [0.717, 1.165) is 23.5 Å². The number of halogens is 1. The Morgan fingerprint density at radius 2 is 2.23 bits per heavy atom. The van der Waals surface area contributed by atoms with Gasteiger partial charge in [0.05, 0.1) is 18.7 Å². The molecule has 0 atom stereocenters. The van der Waals surface area contributed by atoms with Crippen molar-refractivity contribution in [2.75, 3.05) is 26.7 Å². The lowest BCUT2D eigenvalue weighted by molar-refractivity contribution is 0.0954. The molecule has 0 fully saturated rings. The first-order valence-corrected chi connectivity index (χ1v) is 9.29. The highest BCUT2D eigenvalue weighted by molar-refractivity contribution is 9.10. The van der Waals surface area contributed by atoms with Crippen molar-refractivity contribution in [1.29, 1.82) is 0 Å². The molecule has 2 N–H and O–H groups in total. The summed E-state index contributed by atoms with van der Waals surface area (Å²) in [6.45, 7) is 4.51. The van der Waals surface area contributed by atoms with Crippen molar-refractivity contribution in [3.8, 4) is 0 Å². The van der Waals surface area contributed by atoms with Gasteiger partial charge in [-0.1, -0.05) is 0 Å². The number of carbonyl (C=O) groups excluding carboxylic acids is 1. The molecule has 2 rings (SSSR count). The van der Waals surface area contributed by atoms with Crippen molar-refractivity contribution >= 4 is 27.8 Å². The van der Waals surface area contributed by atoms with E-state index < -0.39 is 0 Å². The monoisotopic (exact) mass is 420 g/mol. The van der Waals surface area contributed by atoms with Crippen LogP contribution in [-0.4, -0.2) is 53.0 Å². The summed E-state index contributed by atoms with van der Waals surface area (Å²) < 4.78 is 3.14. The third-order valence-electron chi connectivity index (χ3n) is 3.75. The van der Waals surface area contributed by atoms with Crippen molar-refractivity contribution in [2.24, 2.45) is 12.0 Å². The smallest absolute Gasteiger partial charge is 0.252 e. The van der Waals surface area contributed by atoms with Crippen LogP contribution in [0, 0.1) is 0 Å². The fraction of sp³-hybridized carbons (Fsp3) is 0.389. The van der Waals surface area contributed by atoms with E-state index in [9.17, 15) is 4.79 Å². The molecule has 1 amide bonds. The summed E-state index contributed by atoms with van der Waals surface area (Å²) in [5.74, 6) is 0.667. The molecule has 0 unspecified atom stereocenters. The maximum absolute atomic E-state index is 12.0. The average Bonchev–Trinajstić information content (AvgIpc) is 2.95. The third kappa shape index (κ3) is 5.87. The Hall–Kier alpha value is -2.35. The van der Waals surface area contributed by atoms with Gasteiger partial charge < -0.3 is 20.1 Å².